The topological polar surface area (TPSA) is 111 Å². The predicted molar refractivity (Wildman–Crippen MR) is 107 cm³/mol. The number of aliphatic hydroxyl groups is 1. The molecule has 0 spiro atoms. The van der Waals surface area contributed by atoms with E-state index in [1.807, 2.05) is 12.1 Å². The Morgan fingerprint density at radius 2 is 1.60 bits per heavy atom. The summed E-state index contributed by atoms with van der Waals surface area (Å²) in [7, 11) is 0. The first-order valence-corrected chi connectivity index (χ1v) is 10.1. The highest BCUT2D eigenvalue weighted by Crippen LogP contribution is 2.39. The summed E-state index contributed by atoms with van der Waals surface area (Å²) >= 11 is 0. The number of hydrogen-bond donors (Lipinski definition) is 3. The molecule has 1 aromatic rings. The van der Waals surface area contributed by atoms with Gasteiger partial charge in [-0.1, -0.05) is 18.2 Å². The Morgan fingerprint density at radius 1 is 1.03 bits per heavy atom. The van der Waals surface area contributed by atoms with Crippen LogP contribution in [0.2, 0.25) is 0 Å². The number of ether oxygens (including phenoxy) is 1. The summed E-state index contributed by atoms with van der Waals surface area (Å²) in [5.41, 5.74) is 0.779. The number of hydrogen-bond acceptors (Lipinski definition) is 6. The highest BCUT2D eigenvalue weighted by atomic mass is 19.1. The van der Waals surface area contributed by atoms with Crippen LogP contribution in [-0.4, -0.2) is 89.6 Å². The fourth-order valence-corrected chi connectivity index (χ4v) is 4.80. The minimum atomic E-state index is -0.250. The lowest BCUT2D eigenvalue weighted by Crippen LogP contribution is -2.53. The molecule has 4 atom stereocenters. The molecule has 3 N–H and O–H groups in total. The van der Waals surface area contributed by atoms with E-state index >= 15 is 0 Å². The first kappa shape index (κ1) is 24.2. The first-order valence-electron chi connectivity index (χ1n) is 10.1. The number of halogens is 1. The fraction of sp³-hybridized carbons (Fsp3) is 0.619. The van der Waals surface area contributed by atoms with Gasteiger partial charge in [0.15, 0.2) is 0 Å². The van der Waals surface area contributed by atoms with Gasteiger partial charge in [0.1, 0.15) is 5.82 Å². The van der Waals surface area contributed by atoms with Crippen molar-refractivity contribution in [3.8, 4) is 0 Å². The third-order valence-corrected chi connectivity index (χ3v) is 6.05. The second-order valence-corrected chi connectivity index (χ2v) is 7.77. The monoisotopic (exact) mass is 426 g/mol. The van der Waals surface area contributed by atoms with Gasteiger partial charge in [-0.05, 0) is 30.7 Å². The average molecular weight is 426 g/mol. The van der Waals surface area contributed by atoms with Gasteiger partial charge in [-0.3, -0.25) is 19.4 Å². The molecular formula is C21H31FN2O6. The summed E-state index contributed by atoms with van der Waals surface area (Å²) in [6.07, 6.45) is 1.69. The quantitative estimate of drug-likeness (QED) is 0.617. The zero-order valence-corrected chi connectivity index (χ0v) is 17.0. The summed E-state index contributed by atoms with van der Waals surface area (Å²) in [6.45, 7) is 5.58. The Labute approximate surface area is 175 Å². The van der Waals surface area contributed by atoms with Crippen molar-refractivity contribution in [1.29, 1.82) is 0 Å². The number of carbonyl (C=O) groups is 2. The van der Waals surface area contributed by atoms with E-state index in [1.54, 1.807) is 6.07 Å². The molecule has 1 aromatic carbocycles. The lowest BCUT2D eigenvalue weighted by molar-refractivity contribution is -0.123. The SMILES string of the molecule is O=CO.O=CO.O[C@@H]1C[C@H]2CN(Cc3ccccc3F)C[C@H]2C[C@H]1N1CCOCC1. The lowest BCUT2D eigenvalue weighted by atomic mass is 9.77. The van der Waals surface area contributed by atoms with Crippen LogP contribution in [0.15, 0.2) is 24.3 Å². The van der Waals surface area contributed by atoms with Gasteiger partial charge in [0, 0.05) is 44.3 Å². The Kier molecular flexibility index (Phi) is 10.2. The molecule has 2 aliphatic heterocycles. The van der Waals surface area contributed by atoms with E-state index in [0.29, 0.717) is 18.4 Å². The predicted octanol–water partition coefficient (Wildman–Crippen LogP) is 1.13. The fourth-order valence-electron chi connectivity index (χ4n) is 4.80. The van der Waals surface area contributed by atoms with Crippen LogP contribution in [0.4, 0.5) is 4.39 Å². The van der Waals surface area contributed by atoms with Gasteiger partial charge in [-0.25, -0.2) is 4.39 Å². The van der Waals surface area contributed by atoms with Crippen molar-refractivity contribution in [2.75, 3.05) is 39.4 Å². The number of benzene rings is 1. The summed E-state index contributed by atoms with van der Waals surface area (Å²) < 4.78 is 19.3. The van der Waals surface area contributed by atoms with E-state index in [0.717, 1.165) is 57.8 Å². The number of fused-ring (bicyclic) bond motifs is 1. The molecule has 2 heterocycles. The van der Waals surface area contributed by atoms with Crippen molar-refractivity contribution in [3.63, 3.8) is 0 Å². The molecule has 0 radical (unpaired) electrons. The van der Waals surface area contributed by atoms with Crippen LogP contribution in [0.5, 0.6) is 0 Å². The van der Waals surface area contributed by atoms with E-state index in [9.17, 15) is 9.50 Å². The zero-order chi connectivity index (χ0) is 21.9. The summed E-state index contributed by atoms with van der Waals surface area (Å²) in [4.78, 5) is 21.5. The van der Waals surface area contributed by atoms with Crippen LogP contribution in [-0.2, 0) is 20.9 Å². The number of aliphatic hydroxyl groups excluding tert-OH is 1. The molecule has 0 unspecified atom stereocenters. The maximum atomic E-state index is 13.9. The molecule has 2 saturated heterocycles. The Bertz CT molecular complexity index is 652. The molecule has 168 valence electrons. The van der Waals surface area contributed by atoms with Gasteiger partial charge < -0.3 is 20.1 Å². The molecule has 3 aliphatic rings. The van der Waals surface area contributed by atoms with Crippen molar-refractivity contribution in [1.82, 2.24) is 9.80 Å². The zero-order valence-electron chi connectivity index (χ0n) is 17.0. The van der Waals surface area contributed by atoms with Crippen LogP contribution in [0.3, 0.4) is 0 Å². The third kappa shape index (κ3) is 6.73. The van der Waals surface area contributed by atoms with E-state index in [-0.39, 0.29) is 30.9 Å². The minimum Gasteiger partial charge on any atom is -0.483 e. The normalized spacial score (nSPS) is 28.9. The lowest BCUT2D eigenvalue weighted by Gasteiger charge is -2.43. The molecule has 0 amide bonds. The van der Waals surface area contributed by atoms with Crippen molar-refractivity contribution >= 4 is 12.9 Å². The van der Waals surface area contributed by atoms with Crippen LogP contribution >= 0.6 is 0 Å². The summed E-state index contributed by atoms with van der Waals surface area (Å²) in [5.74, 6) is 1.05. The van der Waals surface area contributed by atoms with Gasteiger partial charge in [-0.15, -0.1) is 0 Å². The molecule has 0 aromatic heterocycles. The number of morpholine rings is 1. The average Bonchev–Trinajstić information content (AvgIpc) is 3.12. The molecule has 3 fully saturated rings. The molecule has 9 heteroatoms. The highest BCUT2D eigenvalue weighted by molar-refractivity contribution is 5.33. The van der Waals surface area contributed by atoms with Crippen LogP contribution in [0.1, 0.15) is 18.4 Å². The molecule has 4 rings (SSSR count). The van der Waals surface area contributed by atoms with Crippen molar-refractivity contribution in [2.45, 2.75) is 31.5 Å². The molecule has 1 saturated carbocycles. The smallest absolute Gasteiger partial charge is 0.290 e. The molecule has 1 aliphatic carbocycles. The van der Waals surface area contributed by atoms with Gasteiger partial charge in [0.2, 0.25) is 0 Å². The Hall–Kier alpha value is -2.07. The number of carboxylic acid groups (broad SMARTS) is 2. The van der Waals surface area contributed by atoms with E-state index in [1.165, 1.54) is 6.07 Å². The number of nitrogens with zero attached hydrogens (tertiary/aromatic N) is 2. The largest absolute Gasteiger partial charge is 0.483 e. The van der Waals surface area contributed by atoms with Crippen molar-refractivity contribution in [2.24, 2.45) is 11.8 Å². The maximum absolute atomic E-state index is 13.9. The van der Waals surface area contributed by atoms with Crippen LogP contribution < -0.4 is 0 Å². The van der Waals surface area contributed by atoms with Gasteiger partial charge in [0.25, 0.3) is 12.9 Å². The molecule has 0 bridgehead atoms. The standard InChI is InChI=1S/C19H27FN2O2.2CH2O2/c20-17-4-2-1-3-14(17)11-21-12-15-9-18(19(23)10-16(15)13-21)22-5-7-24-8-6-22;2*2-1-3/h1-4,15-16,18-19,23H,5-13H2;2*1H,(H,2,3)/t15-,16+,18-,19-;;/m1../s1. The van der Waals surface area contributed by atoms with Crippen LogP contribution in [0.25, 0.3) is 0 Å². The van der Waals surface area contributed by atoms with Crippen molar-refractivity contribution in [3.05, 3.63) is 35.6 Å². The molecule has 8 nitrogen and oxygen atoms in total. The van der Waals surface area contributed by atoms with E-state index in [4.69, 9.17) is 24.5 Å². The minimum absolute atomic E-state index is 0.112. The van der Waals surface area contributed by atoms with Gasteiger partial charge in [0.05, 0.1) is 19.3 Å². The Balaban J connectivity index is 0.000000480. The van der Waals surface area contributed by atoms with E-state index < -0.39 is 0 Å². The third-order valence-electron chi connectivity index (χ3n) is 6.05. The molecule has 30 heavy (non-hydrogen) atoms. The number of likely N-dealkylation sites (tertiary alicyclic amines) is 1. The number of rotatable bonds is 3. The van der Waals surface area contributed by atoms with Crippen LogP contribution in [0, 0.1) is 17.7 Å². The summed E-state index contributed by atoms with van der Waals surface area (Å²) in [5, 5.41) is 24.4. The molecular weight excluding hydrogens is 395 g/mol. The Morgan fingerprint density at radius 3 is 2.20 bits per heavy atom. The highest BCUT2D eigenvalue weighted by Gasteiger charge is 2.43. The second-order valence-electron chi connectivity index (χ2n) is 7.77. The van der Waals surface area contributed by atoms with Gasteiger partial charge >= 0.3 is 0 Å². The summed E-state index contributed by atoms with van der Waals surface area (Å²) in [6, 6.07) is 7.33. The first-order chi connectivity index (χ1) is 14.5. The maximum Gasteiger partial charge on any atom is 0.290 e. The van der Waals surface area contributed by atoms with Crippen molar-refractivity contribution < 1.29 is 34.0 Å². The van der Waals surface area contributed by atoms with E-state index in [2.05, 4.69) is 9.80 Å². The van der Waals surface area contributed by atoms with Gasteiger partial charge in [-0.2, -0.15) is 0 Å². The second kappa shape index (κ2) is 12.6.